The van der Waals surface area contributed by atoms with E-state index in [1.165, 1.54) is 0 Å². The molecule has 2 N–H and O–H groups in total. The van der Waals surface area contributed by atoms with Gasteiger partial charge in [0.2, 0.25) is 5.91 Å². The van der Waals surface area contributed by atoms with E-state index in [0.717, 1.165) is 28.8 Å². The van der Waals surface area contributed by atoms with Crippen LogP contribution < -0.4 is 10.6 Å². The maximum atomic E-state index is 12.1. The van der Waals surface area contributed by atoms with Crippen LogP contribution in [0, 0.1) is 6.92 Å². The first kappa shape index (κ1) is 14.3. The molecule has 4 heteroatoms. The third kappa shape index (κ3) is 3.17. The third-order valence-electron chi connectivity index (χ3n) is 3.77. The lowest BCUT2D eigenvalue weighted by Gasteiger charge is -2.07. The van der Waals surface area contributed by atoms with Crippen LogP contribution in [0.2, 0.25) is 0 Å². The Balaban J connectivity index is 1.56. The lowest BCUT2D eigenvalue weighted by atomic mass is 10.1. The van der Waals surface area contributed by atoms with Gasteiger partial charge in [-0.3, -0.25) is 9.59 Å². The van der Waals surface area contributed by atoms with E-state index < -0.39 is 0 Å². The molecule has 2 aromatic rings. The first-order valence-corrected chi connectivity index (χ1v) is 7.38. The number of fused-ring (bicyclic) bond motifs is 1. The average molecular weight is 294 g/mol. The fourth-order valence-electron chi connectivity index (χ4n) is 2.65. The van der Waals surface area contributed by atoms with Gasteiger partial charge in [0, 0.05) is 17.8 Å². The molecule has 0 bridgehead atoms. The van der Waals surface area contributed by atoms with Crippen LogP contribution in [0.3, 0.4) is 0 Å². The van der Waals surface area contributed by atoms with Crippen molar-refractivity contribution >= 4 is 17.5 Å². The van der Waals surface area contributed by atoms with Crippen molar-refractivity contribution in [1.82, 2.24) is 5.32 Å². The van der Waals surface area contributed by atoms with Gasteiger partial charge in [-0.1, -0.05) is 29.8 Å². The Kier molecular flexibility index (Phi) is 3.92. The number of rotatable bonds is 4. The molecule has 0 unspecified atom stereocenters. The minimum absolute atomic E-state index is 0.0416. The minimum atomic E-state index is -0.0540. The van der Waals surface area contributed by atoms with E-state index >= 15 is 0 Å². The molecule has 1 aliphatic rings. The molecule has 2 aromatic carbocycles. The lowest BCUT2D eigenvalue weighted by molar-refractivity contribution is -0.115. The zero-order valence-corrected chi connectivity index (χ0v) is 12.5. The molecule has 0 spiro atoms. The Bertz CT molecular complexity index is 738. The first-order valence-electron chi connectivity index (χ1n) is 7.38. The van der Waals surface area contributed by atoms with Crippen molar-refractivity contribution in [2.45, 2.75) is 19.8 Å². The number of carbonyl (C=O) groups excluding carboxylic acids is 2. The topological polar surface area (TPSA) is 58.2 Å². The first-order chi connectivity index (χ1) is 10.6. The van der Waals surface area contributed by atoms with Crippen LogP contribution >= 0.6 is 0 Å². The Morgan fingerprint density at radius 2 is 2.09 bits per heavy atom. The van der Waals surface area contributed by atoms with Gasteiger partial charge in [0.25, 0.3) is 5.91 Å². The number of nitrogens with one attached hydrogen (secondary N) is 2. The van der Waals surface area contributed by atoms with Crippen molar-refractivity contribution in [2.75, 3.05) is 11.9 Å². The minimum Gasteiger partial charge on any atom is -0.352 e. The lowest BCUT2D eigenvalue weighted by Crippen LogP contribution is -2.25. The predicted octanol–water partition coefficient (Wildman–Crippen LogP) is 2.46. The Labute approximate surface area is 129 Å². The van der Waals surface area contributed by atoms with Crippen molar-refractivity contribution in [3.63, 3.8) is 0 Å². The molecule has 4 nitrogen and oxygen atoms in total. The zero-order chi connectivity index (χ0) is 15.5. The smallest absolute Gasteiger partial charge is 0.251 e. The summed E-state index contributed by atoms with van der Waals surface area (Å²) in [5.74, 6) is -0.0124. The van der Waals surface area contributed by atoms with Crippen LogP contribution in [0.25, 0.3) is 0 Å². The zero-order valence-electron chi connectivity index (χ0n) is 12.5. The summed E-state index contributed by atoms with van der Waals surface area (Å²) in [6.45, 7) is 2.55. The molecule has 0 aromatic heterocycles. The molecule has 22 heavy (non-hydrogen) atoms. The number of amides is 2. The number of hydrogen-bond donors (Lipinski definition) is 2. The summed E-state index contributed by atoms with van der Waals surface area (Å²) in [7, 11) is 0. The molecule has 3 rings (SSSR count). The second kappa shape index (κ2) is 6.02. The van der Waals surface area contributed by atoms with E-state index in [4.69, 9.17) is 0 Å². The highest BCUT2D eigenvalue weighted by molar-refractivity contribution is 5.99. The summed E-state index contributed by atoms with van der Waals surface area (Å²) in [6, 6.07) is 13.5. The second-order valence-electron chi connectivity index (χ2n) is 5.59. The summed E-state index contributed by atoms with van der Waals surface area (Å²) in [4.78, 5) is 23.4. The van der Waals surface area contributed by atoms with Gasteiger partial charge in [-0.25, -0.2) is 0 Å². The summed E-state index contributed by atoms with van der Waals surface area (Å²) < 4.78 is 0. The van der Waals surface area contributed by atoms with Crippen LogP contribution in [0.5, 0.6) is 0 Å². The van der Waals surface area contributed by atoms with Crippen molar-refractivity contribution in [3.8, 4) is 0 Å². The number of anilines is 1. The molecule has 112 valence electrons. The summed E-state index contributed by atoms with van der Waals surface area (Å²) >= 11 is 0. The van der Waals surface area contributed by atoms with Crippen molar-refractivity contribution in [1.29, 1.82) is 0 Å². The van der Waals surface area contributed by atoms with Gasteiger partial charge >= 0.3 is 0 Å². The molecule has 0 aliphatic carbocycles. The Morgan fingerprint density at radius 3 is 2.91 bits per heavy atom. The van der Waals surface area contributed by atoms with Crippen molar-refractivity contribution in [2.24, 2.45) is 0 Å². The van der Waals surface area contributed by atoms with E-state index in [9.17, 15) is 9.59 Å². The van der Waals surface area contributed by atoms with Crippen LogP contribution in [-0.2, 0) is 17.6 Å². The number of hydrogen-bond acceptors (Lipinski definition) is 2. The van der Waals surface area contributed by atoms with Crippen LogP contribution in [0.4, 0.5) is 5.69 Å². The monoisotopic (exact) mass is 294 g/mol. The van der Waals surface area contributed by atoms with E-state index in [1.807, 2.05) is 49.4 Å². The average Bonchev–Trinajstić information content (AvgIpc) is 2.86. The largest absolute Gasteiger partial charge is 0.352 e. The molecule has 0 saturated heterocycles. The SMILES string of the molecule is Cc1cccc(C(=O)NCCc2ccc3c(c2)CC(=O)N3)c1. The number of benzene rings is 2. The number of carbonyl (C=O) groups is 2. The predicted molar refractivity (Wildman–Crippen MR) is 86.0 cm³/mol. The third-order valence-corrected chi connectivity index (χ3v) is 3.77. The molecule has 1 heterocycles. The van der Waals surface area contributed by atoms with Gasteiger partial charge in [-0.2, -0.15) is 0 Å². The molecule has 1 aliphatic heterocycles. The van der Waals surface area contributed by atoms with Gasteiger partial charge in [-0.15, -0.1) is 0 Å². The normalized spacial score (nSPS) is 12.7. The van der Waals surface area contributed by atoms with E-state index in [2.05, 4.69) is 10.6 Å². The van der Waals surface area contributed by atoms with Gasteiger partial charge in [0.1, 0.15) is 0 Å². The molecule has 2 amide bonds. The highest BCUT2D eigenvalue weighted by Gasteiger charge is 2.17. The van der Waals surface area contributed by atoms with Gasteiger partial charge < -0.3 is 10.6 Å². The molecule has 0 radical (unpaired) electrons. The van der Waals surface area contributed by atoms with Gasteiger partial charge in [0.05, 0.1) is 6.42 Å². The number of aryl methyl sites for hydroxylation is 1. The highest BCUT2D eigenvalue weighted by atomic mass is 16.2. The maximum Gasteiger partial charge on any atom is 0.251 e. The maximum absolute atomic E-state index is 12.1. The second-order valence-corrected chi connectivity index (χ2v) is 5.59. The van der Waals surface area contributed by atoms with Crippen LogP contribution in [0.1, 0.15) is 27.0 Å². The van der Waals surface area contributed by atoms with Crippen LogP contribution in [-0.4, -0.2) is 18.4 Å². The summed E-state index contributed by atoms with van der Waals surface area (Å²) in [5.41, 5.74) is 4.82. The van der Waals surface area contributed by atoms with Gasteiger partial charge in [-0.05, 0) is 42.7 Å². The van der Waals surface area contributed by atoms with E-state index in [0.29, 0.717) is 18.5 Å². The molecular weight excluding hydrogens is 276 g/mol. The molecule has 0 fully saturated rings. The fraction of sp³-hybridized carbons (Fsp3) is 0.222. The molecule has 0 atom stereocenters. The standard InChI is InChI=1S/C18H18N2O2/c1-12-3-2-4-14(9-12)18(22)19-8-7-13-5-6-16-15(10-13)11-17(21)20-16/h2-6,9-10H,7-8,11H2,1H3,(H,19,22)(H,20,21). The Hall–Kier alpha value is -2.62. The van der Waals surface area contributed by atoms with Crippen molar-refractivity contribution < 1.29 is 9.59 Å². The van der Waals surface area contributed by atoms with E-state index in [-0.39, 0.29) is 11.8 Å². The Morgan fingerprint density at radius 1 is 1.23 bits per heavy atom. The highest BCUT2D eigenvalue weighted by Crippen LogP contribution is 2.23. The van der Waals surface area contributed by atoms with Gasteiger partial charge in [0.15, 0.2) is 0 Å². The molecular formula is C18H18N2O2. The van der Waals surface area contributed by atoms with E-state index in [1.54, 1.807) is 0 Å². The van der Waals surface area contributed by atoms with Crippen LogP contribution in [0.15, 0.2) is 42.5 Å². The summed E-state index contributed by atoms with van der Waals surface area (Å²) in [6.07, 6.45) is 1.19. The van der Waals surface area contributed by atoms with Crippen molar-refractivity contribution in [3.05, 3.63) is 64.7 Å². The summed E-state index contributed by atoms with van der Waals surface area (Å²) in [5, 5.41) is 5.75. The fourth-order valence-corrected chi connectivity index (χ4v) is 2.65. The quantitative estimate of drug-likeness (QED) is 0.910. The molecule has 0 saturated carbocycles.